The van der Waals surface area contributed by atoms with Gasteiger partial charge >= 0.3 is 12.1 Å². The molecular formula is C32H47N5O5. The summed E-state index contributed by atoms with van der Waals surface area (Å²) in [6.07, 6.45) is 1.15. The first-order chi connectivity index (χ1) is 19.4. The zero-order chi connectivity index (χ0) is 31.5. The molecule has 2 heterocycles. The Morgan fingerprint density at radius 2 is 1.79 bits per heavy atom. The van der Waals surface area contributed by atoms with Crippen LogP contribution in [-0.2, 0) is 21.5 Å². The molecule has 1 saturated heterocycles. The van der Waals surface area contributed by atoms with Crippen LogP contribution in [0.5, 0.6) is 0 Å². The number of aromatic nitrogens is 2. The lowest BCUT2D eigenvalue weighted by Gasteiger charge is -2.46. The van der Waals surface area contributed by atoms with Gasteiger partial charge in [0, 0.05) is 37.8 Å². The molecule has 230 valence electrons. The maximum absolute atomic E-state index is 14.4. The minimum atomic E-state index is -1.27. The van der Waals surface area contributed by atoms with Crippen molar-refractivity contribution in [3.8, 4) is 0 Å². The summed E-state index contributed by atoms with van der Waals surface area (Å²) in [5.74, 6) is -0.253. The molecule has 0 spiro atoms. The summed E-state index contributed by atoms with van der Waals surface area (Å²) in [6, 6.07) is 9.27. The predicted molar refractivity (Wildman–Crippen MR) is 162 cm³/mol. The largest absolute Gasteiger partial charge is 0.481 e. The highest BCUT2D eigenvalue weighted by Gasteiger charge is 2.47. The molecule has 1 aliphatic rings. The van der Waals surface area contributed by atoms with Crippen LogP contribution in [0.1, 0.15) is 90.5 Å². The molecule has 1 aliphatic heterocycles. The first-order valence-corrected chi connectivity index (χ1v) is 14.6. The van der Waals surface area contributed by atoms with Crippen LogP contribution in [0.2, 0.25) is 0 Å². The number of anilines is 1. The fourth-order valence-corrected chi connectivity index (χ4v) is 4.98. The number of hydrogen-bond acceptors (Lipinski definition) is 7. The van der Waals surface area contributed by atoms with E-state index in [9.17, 15) is 19.5 Å². The summed E-state index contributed by atoms with van der Waals surface area (Å²) in [5, 5.41) is 13.5. The number of likely N-dealkylation sites (tertiary alicyclic amines) is 1. The summed E-state index contributed by atoms with van der Waals surface area (Å²) in [4.78, 5) is 52.4. The molecule has 2 atom stereocenters. The minimum absolute atomic E-state index is 0.00920. The molecule has 0 bridgehead atoms. The second-order valence-electron chi connectivity index (χ2n) is 14.0. The third-order valence-electron chi connectivity index (χ3n) is 7.08. The van der Waals surface area contributed by atoms with Crippen molar-refractivity contribution >= 4 is 23.8 Å². The van der Waals surface area contributed by atoms with Crippen molar-refractivity contribution in [1.82, 2.24) is 19.8 Å². The number of amides is 2. The van der Waals surface area contributed by atoms with Crippen molar-refractivity contribution in [2.45, 2.75) is 92.3 Å². The lowest BCUT2D eigenvalue weighted by atomic mass is 9.79. The van der Waals surface area contributed by atoms with Crippen LogP contribution in [0.3, 0.4) is 0 Å². The lowest BCUT2D eigenvalue weighted by Crippen LogP contribution is -2.60. The first kappa shape index (κ1) is 32.8. The third-order valence-corrected chi connectivity index (χ3v) is 7.08. The Morgan fingerprint density at radius 1 is 1.14 bits per heavy atom. The third kappa shape index (κ3) is 8.42. The number of ether oxygens (including phenoxy) is 1. The van der Waals surface area contributed by atoms with Crippen LogP contribution in [0, 0.1) is 11.3 Å². The summed E-state index contributed by atoms with van der Waals surface area (Å²) in [5.41, 5.74) is -1.03. The van der Waals surface area contributed by atoms with Crippen LogP contribution < -0.4 is 5.32 Å². The van der Waals surface area contributed by atoms with Crippen molar-refractivity contribution in [3.63, 3.8) is 0 Å². The Kier molecular flexibility index (Phi) is 9.90. The van der Waals surface area contributed by atoms with Crippen molar-refractivity contribution in [3.05, 3.63) is 53.5 Å². The van der Waals surface area contributed by atoms with Gasteiger partial charge in [-0.3, -0.25) is 9.59 Å². The molecule has 2 amide bonds. The number of aliphatic carboxylic acids is 1. The van der Waals surface area contributed by atoms with Gasteiger partial charge in [0.05, 0.1) is 11.5 Å². The van der Waals surface area contributed by atoms with Gasteiger partial charge in [0.25, 0.3) is 5.91 Å². The molecule has 10 nitrogen and oxygen atoms in total. The predicted octanol–water partition coefficient (Wildman–Crippen LogP) is 5.58. The van der Waals surface area contributed by atoms with Gasteiger partial charge in [0.2, 0.25) is 0 Å². The van der Waals surface area contributed by atoms with Gasteiger partial charge in [-0.1, -0.05) is 65.0 Å². The number of nitrogens with zero attached hydrogens (tertiary/aromatic N) is 4. The smallest absolute Gasteiger partial charge is 0.410 e. The normalized spacial score (nSPS) is 19.4. The van der Waals surface area contributed by atoms with E-state index in [1.165, 1.54) is 4.90 Å². The van der Waals surface area contributed by atoms with E-state index in [1.54, 1.807) is 38.8 Å². The van der Waals surface area contributed by atoms with Gasteiger partial charge in [0.1, 0.15) is 22.8 Å². The summed E-state index contributed by atoms with van der Waals surface area (Å²) in [7, 11) is 0. The second kappa shape index (κ2) is 12.7. The maximum atomic E-state index is 14.4. The fraction of sp³-hybridized carbons (Fsp3) is 0.594. The molecular weight excluding hydrogens is 534 g/mol. The maximum Gasteiger partial charge on any atom is 0.410 e. The molecule has 0 radical (unpaired) electrons. The Morgan fingerprint density at radius 3 is 2.33 bits per heavy atom. The van der Waals surface area contributed by atoms with E-state index in [2.05, 4.69) is 10.3 Å². The highest BCUT2D eigenvalue weighted by atomic mass is 16.6. The fourth-order valence-electron chi connectivity index (χ4n) is 4.98. The lowest BCUT2D eigenvalue weighted by molar-refractivity contribution is -0.152. The van der Waals surface area contributed by atoms with Crippen molar-refractivity contribution in [1.29, 1.82) is 0 Å². The Bertz CT molecular complexity index is 1270. The van der Waals surface area contributed by atoms with E-state index >= 15 is 0 Å². The number of carboxylic acids is 1. The van der Waals surface area contributed by atoms with Crippen LogP contribution in [-0.4, -0.2) is 74.1 Å². The molecule has 2 aromatic rings. The van der Waals surface area contributed by atoms with Crippen molar-refractivity contribution in [2.24, 2.45) is 11.3 Å². The molecule has 0 unspecified atom stereocenters. The number of nitrogens with one attached hydrogen (secondary N) is 1. The van der Waals surface area contributed by atoms with Crippen molar-refractivity contribution < 1.29 is 24.2 Å². The van der Waals surface area contributed by atoms with Gasteiger partial charge in [0.15, 0.2) is 0 Å². The number of carboxylic acid groups (broad SMARTS) is 1. The van der Waals surface area contributed by atoms with Crippen LogP contribution in [0.15, 0.2) is 36.5 Å². The molecule has 1 aromatic heterocycles. The second-order valence-corrected chi connectivity index (χ2v) is 14.0. The highest BCUT2D eigenvalue weighted by Crippen LogP contribution is 2.35. The Hall–Kier alpha value is -3.69. The molecule has 0 saturated carbocycles. The number of benzene rings is 1. The number of carbonyl (C=O) groups excluding carboxylic acids is 2. The summed E-state index contributed by atoms with van der Waals surface area (Å²) in [6.45, 7) is 17.9. The Labute approximate surface area is 249 Å². The number of hydrogen-bond donors (Lipinski definition) is 2. The molecule has 2 N–H and O–H groups in total. The minimum Gasteiger partial charge on any atom is -0.481 e. The zero-order valence-corrected chi connectivity index (χ0v) is 26.5. The van der Waals surface area contributed by atoms with Crippen molar-refractivity contribution in [2.75, 3.05) is 25.0 Å². The van der Waals surface area contributed by atoms with E-state index < -0.39 is 29.1 Å². The molecule has 0 aliphatic carbocycles. The van der Waals surface area contributed by atoms with E-state index in [0.29, 0.717) is 30.3 Å². The summed E-state index contributed by atoms with van der Waals surface area (Å²) >= 11 is 0. The van der Waals surface area contributed by atoms with E-state index in [0.717, 1.165) is 5.56 Å². The van der Waals surface area contributed by atoms with E-state index in [-0.39, 0.29) is 36.8 Å². The van der Waals surface area contributed by atoms with Gasteiger partial charge in [-0.15, -0.1) is 0 Å². The van der Waals surface area contributed by atoms with Gasteiger partial charge in [-0.2, -0.15) is 0 Å². The first-order valence-electron chi connectivity index (χ1n) is 14.6. The average Bonchev–Trinajstić information content (AvgIpc) is 2.88. The topological polar surface area (TPSA) is 125 Å². The van der Waals surface area contributed by atoms with Crippen LogP contribution in [0.25, 0.3) is 0 Å². The number of carbonyl (C=O) groups is 3. The standard InChI is InChI=1S/C32H47N5O5/c1-21(2)18-37(23-15-32(9,28(39)40)20-36(19-23)29(41)42-31(6,7)8)26(38)24-17-34-27(30(3,4)5)35-25(24)33-16-22-13-11-10-12-14-22/h10-14,17,21,23H,15-16,18-20H2,1-9H3,(H,39,40)(H,33,34,35)/t23-,32+/m0/s1. The zero-order valence-electron chi connectivity index (χ0n) is 26.5. The Balaban J connectivity index is 2.03. The number of piperidine rings is 1. The quantitative estimate of drug-likeness (QED) is 0.414. The number of rotatable bonds is 8. The molecule has 1 fully saturated rings. The molecule has 42 heavy (non-hydrogen) atoms. The van der Waals surface area contributed by atoms with Crippen LogP contribution >= 0.6 is 0 Å². The SMILES string of the molecule is CC(C)CN(C(=O)c1cnc(C(C)(C)C)nc1NCc1ccccc1)[C@@H]1CN(C(=O)OC(C)(C)C)C[C@](C)(C(=O)O)C1. The molecule has 3 rings (SSSR count). The van der Waals surface area contributed by atoms with E-state index in [1.807, 2.05) is 65.0 Å². The van der Waals surface area contributed by atoms with Gasteiger partial charge in [-0.05, 0) is 45.6 Å². The van der Waals surface area contributed by atoms with Gasteiger partial charge in [-0.25, -0.2) is 14.8 Å². The molecule has 1 aromatic carbocycles. The highest BCUT2D eigenvalue weighted by molar-refractivity contribution is 5.98. The van der Waals surface area contributed by atoms with Crippen LogP contribution in [0.4, 0.5) is 10.6 Å². The monoisotopic (exact) mass is 581 g/mol. The average molecular weight is 582 g/mol. The van der Waals surface area contributed by atoms with E-state index in [4.69, 9.17) is 9.72 Å². The molecule has 10 heteroatoms. The summed E-state index contributed by atoms with van der Waals surface area (Å²) < 4.78 is 5.60. The van der Waals surface area contributed by atoms with Gasteiger partial charge < -0.3 is 25.0 Å².